The number of aromatic nitrogens is 1. The highest BCUT2D eigenvalue weighted by atomic mass is 32.2. The normalized spacial score (nSPS) is 13.6. The van der Waals surface area contributed by atoms with Gasteiger partial charge in [0.25, 0.3) is 10.0 Å². The van der Waals surface area contributed by atoms with Gasteiger partial charge in [-0.2, -0.15) is 0 Å². The molecule has 0 saturated carbocycles. The largest absolute Gasteiger partial charge is 0.476 e. The molecule has 0 spiro atoms. The van der Waals surface area contributed by atoms with E-state index in [1.54, 1.807) is 0 Å². The number of nitrogens with zero attached hydrogens (tertiary/aromatic N) is 1. The lowest BCUT2D eigenvalue weighted by molar-refractivity contribution is 0.0687. The second-order valence-corrected chi connectivity index (χ2v) is 5.76. The molecule has 16 heavy (non-hydrogen) atoms. The first-order valence-corrected chi connectivity index (χ1v) is 6.54. The van der Waals surface area contributed by atoms with Crippen molar-refractivity contribution in [1.82, 2.24) is 9.71 Å². The average molecular weight is 266 g/mol. The van der Waals surface area contributed by atoms with Gasteiger partial charge in [0.1, 0.15) is 0 Å². The summed E-state index contributed by atoms with van der Waals surface area (Å²) in [7, 11) is -3.94. The fourth-order valence-corrected chi connectivity index (χ4v) is 3.32. The van der Waals surface area contributed by atoms with Crippen molar-refractivity contribution < 1.29 is 23.4 Å². The van der Waals surface area contributed by atoms with Gasteiger partial charge in [0.05, 0.1) is 12.1 Å². The van der Waals surface area contributed by atoms with Gasteiger partial charge in [-0.1, -0.05) is 0 Å². The summed E-state index contributed by atoms with van der Waals surface area (Å²) in [6, 6.07) is -0.686. The van der Waals surface area contributed by atoms with Crippen molar-refractivity contribution in [3.8, 4) is 0 Å². The number of sulfonamides is 1. The number of aromatic carboxylic acids is 1. The maximum absolute atomic E-state index is 11.7. The number of nitrogens with one attached hydrogen (secondary N) is 1. The molecule has 0 bridgehead atoms. The van der Waals surface area contributed by atoms with Crippen molar-refractivity contribution >= 4 is 27.3 Å². The molecule has 90 valence electrons. The van der Waals surface area contributed by atoms with Crippen LogP contribution >= 0.6 is 11.3 Å². The second kappa shape index (κ2) is 4.87. The molecule has 1 unspecified atom stereocenters. The number of rotatable bonds is 5. The average Bonchev–Trinajstić information content (AvgIpc) is 2.65. The Hall–Kier alpha value is -1.03. The van der Waals surface area contributed by atoms with Gasteiger partial charge in [-0.15, -0.1) is 11.3 Å². The van der Waals surface area contributed by atoms with E-state index >= 15 is 0 Å². The number of hydrogen-bond acceptors (Lipinski definition) is 6. The van der Waals surface area contributed by atoms with E-state index in [0.717, 1.165) is 5.51 Å². The Balaban J connectivity index is 3.08. The van der Waals surface area contributed by atoms with Crippen molar-refractivity contribution in [1.29, 1.82) is 0 Å². The van der Waals surface area contributed by atoms with Crippen LogP contribution < -0.4 is 4.72 Å². The highest BCUT2D eigenvalue weighted by molar-refractivity contribution is 7.91. The van der Waals surface area contributed by atoms with E-state index in [0.29, 0.717) is 11.3 Å². The topological polar surface area (TPSA) is 117 Å². The molecule has 9 heteroatoms. The summed E-state index contributed by atoms with van der Waals surface area (Å²) in [4.78, 5) is 14.1. The van der Waals surface area contributed by atoms with Gasteiger partial charge in [-0.25, -0.2) is 22.9 Å². The fraction of sp³-hybridized carbons (Fsp3) is 0.429. The zero-order valence-corrected chi connectivity index (χ0v) is 9.88. The summed E-state index contributed by atoms with van der Waals surface area (Å²) in [5.74, 6) is -1.40. The monoisotopic (exact) mass is 266 g/mol. The lowest BCUT2D eigenvalue weighted by atomic mass is 10.4. The maximum atomic E-state index is 11.7. The summed E-state index contributed by atoms with van der Waals surface area (Å²) >= 11 is 0.713. The first-order valence-electron chi connectivity index (χ1n) is 4.18. The van der Waals surface area contributed by atoms with Crippen molar-refractivity contribution in [2.24, 2.45) is 0 Å². The molecule has 1 heterocycles. The van der Waals surface area contributed by atoms with E-state index in [1.165, 1.54) is 6.92 Å². The van der Waals surface area contributed by atoms with Crippen molar-refractivity contribution in [3.63, 3.8) is 0 Å². The molecule has 0 saturated heterocycles. The van der Waals surface area contributed by atoms with Crippen LogP contribution in [0.25, 0.3) is 0 Å². The minimum absolute atomic E-state index is 0.361. The van der Waals surface area contributed by atoms with Gasteiger partial charge in [0.15, 0.2) is 9.90 Å². The smallest absolute Gasteiger partial charge is 0.356 e. The van der Waals surface area contributed by atoms with Gasteiger partial charge in [0.2, 0.25) is 0 Å². The standard InChI is InChI=1S/C7H10N2O5S2/c1-4(2-10)9-16(13,14)7-5(6(11)12)8-3-15-7/h3-4,9-10H,2H2,1H3,(H,11,12). The summed E-state index contributed by atoms with van der Waals surface area (Å²) in [6.07, 6.45) is 0. The minimum Gasteiger partial charge on any atom is -0.476 e. The van der Waals surface area contributed by atoms with Crippen LogP contribution in [0.2, 0.25) is 0 Å². The molecular formula is C7H10N2O5S2. The molecule has 1 atom stereocenters. The summed E-state index contributed by atoms with van der Waals surface area (Å²) in [5.41, 5.74) is 0.629. The molecule has 0 radical (unpaired) electrons. The number of thiazole rings is 1. The third-order valence-corrected chi connectivity index (χ3v) is 4.57. The van der Waals surface area contributed by atoms with Crippen LogP contribution in [0.1, 0.15) is 17.4 Å². The first-order chi connectivity index (χ1) is 7.38. The fourth-order valence-electron chi connectivity index (χ4n) is 0.924. The minimum atomic E-state index is -3.94. The van der Waals surface area contributed by atoms with Crippen molar-refractivity contribution in [3.05, 3.63) is 11.2 Å². The van der Waals surface area contributed by atoms with Gasteiger partial charge in [0, 0.05) is 6.04 Å². The van der Waals surface area contributed by atoms with E-state index < -0.39 is 27.7 Å². The van der Waals surface area contributed by atoms with Crippen LogP contribution in [0.15, 0.2) is 9.72 Å². The quantitative estimate of drug-likeness (QED) is 0.661. The maximum Gasteiger partial charge on any atom is 0.356 e. The molecule has 0 amide bonds. The Morgan fingerprint density at radius 3 is 2.81 bits per heavy atom. The molecule has 1 aromatic heterocycles. The summed E-state index contributed by atoms with van der Waals surface area (Å²) in [5, 5.41) is 17.4. The number of carboxylic acid groups (broad SMARTS) is 1. The van der Waals surface area contributed by atoms with E-state index in [4.69, 9.17) is 10.2 Å². The molecule has 0 aliphatic carbocycles. The number of carbonyl (C=O) groups is 1. The molecule has 1 aromatic rings. The van der Waals surface area contributed by atoms with Crippen molar-refractivity contribution in [2.75, 3.05) is 6.61 Å². The molecule has 0 aliphatic rings. The second-order valence-electron chi connectivity index (χ2n) is 3.00. The molecular weight excluding hydrogens is 256 g/mol. The van der Waals surface area contributed by atoms with Gasteiger partial charge < -0.3 is 10.2 Å². The van der Waals surface area contributed by atoms with Crippen LogP contribution in [-0.4, -0.2) is 42.2 Å². The van der Waals surface area contributed by atoms with Crippen LogP contribution in [0.3, 0.4) is 0 Å². The Labute approximate surface area is 95.8 Å². The molecule has 0 aromatic carbocycles. The molecule has 1 rings (SSSR count). The van der Waals surface area contributed by atoms with Crippen LogP contribution in [0.4, 0.5) is 0 Å². The van der Waals surface area contributed by atoms with E-state index in [2.05, 4.69) is 9.71 Å². The third kappa shape index (κ3) is 2.76. The zero-order valence-electron chi connectivity index (χ0n) is 8.24. The molecule has 0 aliphatic heterocycles. The summed E-state index contributed by atoms with van der Waals surface area (Å²) in [6.45, 7) is 1.08. The Bertz CT molecular complexity index is 481. The van der Waals surface area contributed by atoms with Crippen LogP contribution in [0, 0.1) is 0 Å². The van der Waals surface area contributed by atoms with Crippen LogP contribution in [-0.2, 0) is 10.0 Å². The van der Waals surface area contributed by atoms with Gasteiger partial charge in [-0.3, -0.25) is 0 Å². The molecule has 0 fully saturated rings. The van der Waals surface area contributed by atoms with E-state index in [9.17, 15) is 13.2 Å². The Morgan fingerprint density at radius 1 is 1.69 bits per heavy atom. The van der Waals surface area contributed by atoms with Crippen LogP contribution in [0.5, 0.6) is 0 Å². The van der Waals surface area contributed by atoms with Gasteiger partial charge in [-0.05, 0) is 6.92 Å². The number of aliphatic hydroxyl groups is 1. The number of hydrogen-bond donors (Lipinski definition) is 3. The SMILES string of the molecule is CC(CO)NS(=O)(=O)c1scnc1C(=O)O. The molecule has 3 N–H and O–H groups in total. The van der Waals surface area contributed by atoms with E-state index in [-0.39, 0.29) is 10.8 Å². The Morgan fingerprint density at radius 2 is 2.31 bits per heavy atom. The lowest BCUT2D eigenvalue weighted by Crippen LogP contribution is -2.35. The van der Waals surface area contributed by atoms with Gasteiger partial charge >= 0.3 is 5.97 Å². The predicted octanol–water partition coefficient (Wildman–Crippen LogP) is -0.500. The number of carboxylic acids is 1. The third-order valence-electron chi connectivity index (χ3n) is 1.61. The van der Waals surface area contributed by atoms with E-state index in [1.807, 2.05) is 0 Å². The molecule has 7 nitrogen and oxygen atoms in total. The zero-order chi connectivity index (χ0) is 12.3. The highest BCUT2D eigenvalue weighted by Gasteiger charge is 2.26. The highest BCUT2D eigenvalue weighted by Crippen LogP contribution is 2.19. The van der Waals surface area contributed by atoms with Crippen molar-refractivity contribution in [2.45, 2.75) is 17.2 Å². The summed E-state index contributed by atoms with van der Waals surface area (Å²) < 4.78 is 25.1. The number of aliphatic hydroxyl groups excluding tert-OH is 1. The lowest BCUT2D eigenvalue weighted by Gasteiger charge is -2.10. The predicted molar refractivity (Wildman–Crippen MR) is 55.9 cm³/mol. The Kier molecular flexibility index (Phi) is 3.97. The first kappa shape index (κ1) is 13.0.